The lowest BCUT2D eigenvalue weighted by Crippen LogP contribution is -2.30. The second-order valence-corrected chi connectivity index (χ2v) is 8.93. The minimum absolute atomic E-state index is 0.0761. The van der Waals surface area contributed by atoms with Gasteiger partial charge in [0.05, 0.1) is 19.1 Å². The van der Waals surface area contributed by atoms with E-state index < -0.39 is 10.0 Å². The fraction of sp³-hybridized carbons (Fsp3) is 0.409. The number of methoxy groups -OCH3 is 2. The third-order valence-electron chi connectivity index (χ3n) is 4.74. The first-order valence-corrected chi connectivity index (χ1v) is 11.3. The summed E-state index contributed by atoms with van der Waals surface area (Å²) in [4.78, 5) is 12.3. The van der Waals surface area contributed by atoms with Crippen molar-refractivity contribution in [1.29, 1.82) is 0 Å². The molecule has 0 saturated carbocycles. The minimum Gasteiger partial charge on any atom is -0.493 e. The Morgan fingerprint density at radius 1 is 1.00 bits per heavy atom. The van der Waals surface area contributed by atoms with Gasteiger partial charge in [-0.25, -0.2) is 12.7 Å². The van der Waals surface area contributed by atoms with E-state index >= 15 is 0 Å². The molecule has 2 aromatic carbocycles. The van der Waals surface area contributed by atoms with E-state index in [-0.39, 0.29) is 23.8 Å². The van der Waals surface area contributed by atoms with Crippen LogP contribution in [0.4, 0.5) is 0 Å². The predicted octanol–water partition coefficient (Wildman–Crippen LogP) is 2.85. The minimum atomic E-state index is -3.52. The molecule has 30 heavy (non-hydrogen) atoms. The van der Waals surface area contributed by atoms with E-state index in [0.717, 1.165) is 18.4 Å². The van der Waals surface area contributed by atoms with E-state index in [0.29, 0.717) is 24.5 Å². The fourth-order valence-electron chi connectivity index (χ4n) is 3.00. The summed E-state index contributed by atoms with van der Waals surface area (Å²) >= 11 is 0. The molecule has 1 amide bonds. The molecule has 2 rings (SSSR count). The molecule has 0 heterocycles. The first kappa shape index (κ1) is 23.7. The summed E-state index contributed by atoms with van der Waals surface area (Å²) in [6.07, 6.45) is 2.34. The summed E-state index contributed by atoms with van der Waals surface area (Å²) in [6.45, 7) is 0.849. The molecule has 2 aromatic rings. The highest BCUT2D eigenvalue weighted by Gasteiger charge is 2.19. The van der Waals surface area contributed by atoms with E-state index in [1.807, 2.05) is 18.2 Å². The summed E-state index contributed by atoms with van der Waals surface area (Å²) < 4.78 is 36.7. The number of aryl methyl sites for hydroxylation is 1. The van der Waals surface area contributed by atoms with Gasteiger partial charge in [0.15, 0.2) is 11.5 Å². The molecule has 8 heteroatoms. The van der Waals surface area contributed by atoms with E-state index in [1.165, 1.54) is 11.4 Å². The molecule has 1 N–H and O–H groups in total. The standard InChI is InChI=1S/C22H30N2O5S/c1-24(30(26,27)19-10-5-4-6-11-19)16-8-12-22(25)23-15-7-9-18-13-14-20(28-2)21(17-18)29-3/h4-6,10-11,13-14,17H,7-9,12,15-16H2,1-3H3,(H,23,25). The lowest BCUT2D eigenvalue weighted by molar-refractivity contribution is -0.121. The first-order chi connectivity index (χ1) is 14.4. The van der Waals surface area contributed by atoms with Crippen molar-refractivity contribution in [2.24, 2.45) is 0 Å². The Bertz CT molecular complexity index is 916. The maximum absolute atomic E-state index is 12.4. The third kappa shape index (κ3) is 6.74. The van der Waals surface area contributed by atoms with Gasteiger partial charge in [-0.2, -0.15) is 0 Å². The molecular weight excluding hydrogens is 404 g/mol. The van der Waals surface area contributed by atoms with Crippen LogP contribution in [0.15, 0.2) is 53.4 Å². The molecule has 0 bridgehead atoms. The molecule has 0 spiro atoms. The maximum Gasteiger partial charge on any atom is 0.242 e. The lowest BCUT2D eigenvalue weighted by Gasteiger charge is -2.17. The second kappa shape index (κ2) is 11.6. The van der Waals surface area contributed by atoms with E-state index in [2.05, 4.69) is 5.32 Å². The van der Waals surface area contributed by atoms with Gasteiger partial charge in [0, 0.05) is 26.6 Å². The van der Waals surface area contributed by atoms with Gasteiger partial charge in [0.25, 0.3) is 0 Å². The van der Waals surface area contributed by atoms with Crippen LogP contribution >= 0.6 is 0 Å². The number of amides is 1. The van der Waals surface area contributed by atoms with Crippen LogP contribution in [0.2, 0.25) is 0 Å². The van der Waals surface area contributed by atoms with Crippen molar-refractivity contribution < 1.29 is 22.7 Å². The Kier molecular flexibility index (Phi) is 9.14. The number of ether oxygens (including phenoxy) is 2. The molecule has 0 aliphatic heterocycles. The molecule has 0 radical (unpaired) electrons. The van der Waals surface area contributed by atoms with Crippen molar-refractivity contribution >= 4 is 15.9 Å². The molecule has 0 aliphatic carbocycles. The van der Waals surface area contributed by atoms with Gasteiger partial charge in [0.1, 0.15) is 0 Å². The van der Waals surface area contributed by atoms with Crippen molar-refractivity contribution in [3.8, 4) is 11.5 Å². The summed E-state index contributed by atoms with van der Waals surface area (Å²) in [5.74, 6) is 1.30. The average molecular weight is 435 g/mol. The van der Waals surface area contributed by atoms with Gasteiger partial charge in [-0.3, -0.25) is 4.79 Å². The van der Waals surface area contributed by atoms with Crippen LogP contribution in [0.5, 0.6) is 11.5 Å². The maximum atomic E-state index is 12.4. The summed E-state index contributed by atoms with van der Waals surface area (Å²) in [5.41, 5.74) is 1.11. The zero-order valence-corrected chi connectivity index (χ0v) is 18.6. The van der Waals surface area contributed by atoms with Gasteiger partial charge < -0.3 is 14.8 Å². The Morgan fingerprint density at radius 2 is 1.70 bits per heavy atom. The number of nitrogens with zero attached hydrogens (tertiary/aromatic N) is 1. The van der Waals surface area contributed by atoms with E-state index in [4.69, 9.17) is 9.47 Å². The van der Waals surface area contributed by atoms with E-state index in [1.54, 1.807) is 44.6 Å². The Labute approximate surface area is 179 Å². The van der Waals surface area contributed by atoms with Gasteiger partial charge in [0.2, 0.25) is 15.9 Å². The summed E-state index contributed by atoms with van der Waals surface area (Å²) in [6, 6.07) is 14.1. The van der Waals surface area contributed by atoms with Crippen LogP contribution in [0.1, 0.15) is 24.8 Å². The molecule has 164 valence electrons. The zero-order valence-electron chi connectivity index (χ0n) is 17.8. The number of hydrogen-bond acceptors (Lipinski definition) is 5. The number of rotatable bonds is 12. The first-order valence-electron chi connectivity index (χ1n) is 9.87. The van der Waals surface area contributed by atoms with Crippen molar-refractivity contribution in [2.75, 3.05) is 34.4 Å². The molecule has 7 nitrogen and oxygen atoms in total. The Balaban J connectivity index is 1.68. The average Bonchev–Trinajstić information content (AvgIpc) is 2.77. The fourth-order valence-corrected chi connectivity index (χ4v) is 4.23. The molecule has 0 aliphatic rings. The number of sulfonamides is 1. The highest BCUT2D eigenvalue weighted by molar-refractivity contribution is 7.89. The monoisotopic (exact) mass is 434 g/mol. The van der Waals surface area contributed by atoms with Gasteiger partial charge in [-0.1, -0.05) is 24.3 Å². The highest BCUT2D eigenvalue weighted by Crippen LogP contribution is 2.27. The van der Waals surface area contributed by atoms with Crippen LogP contribution in [0.25, 0.3) is 0 Å². The van der Waals surface area contributed by atoms with Gasteiger partial charge in [-0.05, 0) is 49.1 Å². The van der Waals surface area contributed by atoms with Crippen LogP contribution in [0, 0.1) is 0 Å². The van der Waals surface area contributed by atoms with Crippen LogP contribution in [-0.2, 0) is 21.2 Å². The third-order valence-corrected chi connectivity index (χ3v) is 6.61. The van der Waals surface area contributed by atoms with Crippen molar-refractivity contribution in [1.82, 2.24) is 9.62 Å². The smallest absolute Gasteiger partial charge is 0.242 e. The molecule has 0 fully saturated rings. The highest BCUT2D eigenvalue weighted by atomic mass is 32.2. The number of benzene rings is 2. The van der Waals surface area contributed by atoms with Crippen LogP contribution < -0.4 is 14.8 Å². The van der Waals surface area contributed by atoms with E-state index in [9.17, 15) is 13.2 Å². The van der Waals surface area contributed by atoms with Crippen LogP contribution in [-0.4, -0.2) is 53.0 Å². The Morgan fingerprint density at radius 3 is 2.37 bits per heavy atom. The Hall–Kier alpha value is -2.58. The quantitative estimate of drug-likeness (QED) is 0.519. The molecule has 0 unspecified atom stereocenters. The van der Waals surface area contributed by atoms with Gasteiger partial charge >= 0.3 is 0 Å². The molecular formula is C22H30N2O5S. The summed E-state index contributed by atoms with van der Waals surface area (Å²) in [5, 5.41) is 2.89. The zero-order chi connectivity index (χ0) is 22.0. The van der Waals surface area contributed by atoms with Crippen molar-refractivity contribution in [3.63, 3.8) is 0 Å². The largest absolute Gasteiger partial charge is 0.493 e. The molecule has 0 atom stereocenters. The SMILES string of the molecule is COc1ccc(CCCNC(=O)CCCN(C)S(=O)(=O)c2ccccc2)cc1OC. The second-order valence-electron chi connectivity index (χ2n) is 6.89. The number of nitrogens with one attached hydrogen (secondary N) is 1. The number of hydrogen-bond donors (Lipinski definition) is 1. The number of carbonyl (C=O) groups is 1. The normalized spacial score (nSPS) is 11.3. The lowest BCUT2D eigenvalue weighted by atomic mass is 10.1. The number of carbonyl (C=O) groups excluding carboxylic acids is 1. The van der Waals surface area contributed by atoms with Gasteiger partial charge in [-0.15, -0.1) is 0 Å². The molecule has 0 saturated heterocycles. The molecule has 0 aromatic heterocycles. The predicted molar refractivity (Wildman–Crippen MR) is 116 cm³/mol. The van der Waals surface area contributed by atoms with Crippen LogP contribution in [0.3, 0.4) is 0 Å². The van der Waals surface area contributed by atoms with Crippen molar-refractivity contribution in [2.45, 2.75) is 30.6 Å². The van der Waals surface area contributed by atoms with Crippen molar-refractivity contribution in [3.05, 3.63) is 54.1 Å². The topological polar surface area (TPSA) is 84.9 Å². The summed E-state index contributed by atoms with van der Waals surface area (Å²) in [7, 11) is 1.21.